The normalized spacial score (nSPS) is 18.3. The maximum absolute atomic E-state index is 15.2. The maximum Gasteiger partial charge on any atom is 0.236 e. The van der Waals surface area contributed by atoms with Crippen LogP contribution in [0.1, 0.15) is 158 Å². The zero-order valence-electron chi connectivity index (χ0n) is 31.1. The zero-order chi connectivity index (χ0) is 34.5. The van der Waals surface area contributed by atoms with Crippen molar-refractivity contribution in [3.63, 3.8) is 0 Å². The van der Waals surface area contributed by atoms with Crippen LogP contribution in [0.3, 0.4) is 0 Å². The molecule has 3 unspecified atom stereocenters. The standard InChI is InChI=1S/C22H28BrFN2O.C11H24.3C2H6/c1-5-8-15-16(11-14(4)18(23)19(15)24)17-20(13(3)6-2)26-21(27)22(17)9-7-10-25-12-22;1-5-8-9-11(7-3)10(4)6-2;3*1-2/h11,25H,3,5-10,12H2,1-2,4H3,(H,26,27);10-11H,5-9H2,1-4H3;3*1-2H3. The quantitative estimate of drug-likeness (QED) is 0.244. The molecule has 3 atom stereocenters. The molecule has 2 aliphatic heterocycles. The number of unbranched alkanes of at least 4 members (excludes halogenated alkanes) is 1. The van der Waals surface area contributed by atoms with Crippen LogP contribution in [0.15, 0.2) is 28.4 Å². The number of amides is 1. The molecule has 0 bridgehead atoms. The first-order valence-corrected chi connectivity index (χ1v) is 18.8. The Morgan fingerprint density at radius 2 is 1.66 bits per heavy atom. The highest BCUT2D eigenvalue weighted by molar-refractivity contribution is 9.10. The second kappa shape index (κ2) is 24.7. The molecular formula is C39H70BrFN2O. The summed E-state index contributed by atoms with van der Waals surface area (Å²) in [5, 5.41) is 6.49. The topological polar surface area (TPSA) is 41.1 Å². The molecule has 0 aliphatic carbocycles. The molecule has 0 saturated carbocycles. The first-order chi connectivity index (χ1) is 21.1. The van der Waals surface area contributed by atoms with Crippen LogP contribution in [0.2, 0.25) is 0 Å². The largest absolute Gasteiger partial charge is 0.325 e. The van der Waals surface area contributed by atoms with E-state index < -0.39 is 5.41 Å². The van der Waals surface area contributed by atoms with Gasteiger partial charge in [-0.1, -0.05) is 134 Å². The van der Waals surface area contributed by atoms with Crippen LogP contribution in [-0.2, 0) is 11.2 Å². The maximum atomic E-state index is 15.2. The predicted octanol–water partition coefficient (Wildman–Crippen LogP) is 12.4. The summed E-state index contributed by atoms with van der Waals surface area (Å²) in [5.41, 5.74) is 4.36. The predicted molar refractivity (Wildman–Crippen MR) is 199 cm³/mol. The summed E-state index contributed by atoms with van der Waals surface area (Å²) >= 11 is 3.40. The molecule has 5 heteroatoms. The van der Waals surface area contributed by atoms with Crippen LogP contribution in [-0.4, -0.2) is 19.0 Å². The molecular weight excluding hydrogens is 611 g/mol. The number of carbonyl (C=O) groups excluding carboxylic acids is 1. The highest BCUT2D eigenvalue weighted by Gasteiger charge is 2.50. The fraction of sp³-hybridized carbons (Fsp3) is 0.718. The lowest BCUT2D eigenvalue weighted by Crippen LogP contribution is -2.46. The van der Waals surface area contributed by atoms with Crippen molar-refractivity contribution in [2.45, 2.75) is 154 Å². The average Bonchev–Trinajstić information content (AvgIpc) is 3.34. The fourth-order valence-electron chi connectivity index (χ4n) is 5.99. The van der Waals surface area contributed by atoms with Crippen LogP contribution in [0.4, 0.5) is 4.39 Å². The summed E-state index contributed by atoms with van der Waals surface area (Å²) in [6.45, 7) is 33.0. The Morgan fingerprint density at radius 1 is 1.05 bits per heavy atom. The van der Waals surface area contributed by atoms with Gasteiger partial charge in [0.05, 0.1) is 9.89 Å². The molecule has 2 heterocycles. The highest BCUT2D eigenvalue weighted by Crippen LogP contribution is 2.49. The van der Waals surface area contributed by atoms with Gasteiger partial charge in [0.1, 0.15) is 5.82 Å². The number of nitrogens with one attached hydrogen (secondary N) is 2. The van der Waals surface area contributed by atoms with E-state index in [2.05, 4.69) is 60.8 Å². The molecule has 0 aromatic heterocycles. The first kappa shape index (κ1) is 44.7. The molecule has 0 radical (unpaired) electrons. The van der Waals surface area contributed by atoms with Crippen molar-refractivity contribution in [2.75, 3.05) is 13.1 Å². The van der Waals surface area contributed by atoms with E-state index in [1.54, 1.807) is 0 Å². The van der Waals surface area contributed by atoms with Gasteiger partial charge >= 0.3 is 0 Å². The van der Waals surface area contributed by atoms with E-state index in [9.17, 15) is 4.79 Å². The molecule has 1 spiro atoms. The molecule has 1 fully saturated rings. The van der Waals surface area contributed by atoms with Gasteiger partial charge in [-0.3, -0.25) is 4.79 Å². The Hall–Kier alpha value is -1.46. The van der Waals surface area contributed by atoms with Crippen molar-refractivity contribution in [3.8, 4) is 0 Å². The summed E-state index contributed by atoms with van der Waals surface area (Å²) in [6, 6.07) is 2.03. The first-order valence-electron chi connectivity index (χ1n) is 18.1. The number of benzene rings is 1. The lowest BCUT2D eigenvalue weighted by Gasteiger charge is -2.35. The SMILES string of the molecule is C=C(CC)C1=C(c2cc(C)c(Br)c(F)c2CCC)C2(CCCNC2)C(=O)N1.CC.CC.CC.CCCCC(CC)C(C)CC. The van der Waals surface area contributed by atoms with E-state index in [0.717, 1.165) is 72.0 Å². The van der Waals surface area contributed by atoms with Gasteiger partial charge in [0, 0.05) is 17.8 Å². The number of aryl methyl sites for hydroxylation is 1. The van der Waals surface area contributed by atoms with Gasteiger partial charge in [0.25, 0.3) is 0 Å². The third-order valence-electron chi connectivity index (χ3n) is 8.73. The van der Waals surface area contributed by atoms with Gasteiger partial charge in [-0.25, -0.2) is 4.39 Å². The van der Waals surface area contributed by atoms with E-state index in [1.165, 1.54) is 32.1 Å². The van der Waals surface area contributed by atoms with Gasteiger partial charge in [0.2, 0.25) is 5.91 Å². The average molecular weight is 682 g/mol. The van der Waals surface area contributed by atoms with Crippen molar-refractivity contribution in [1.82, 2.24) is 10.6 Å². The molecule has 1 amide bonds. The fourth-order valence-corrected chi connectivity index (χ4v) is 6.35. The summed E-state index contributed by atoms with van der Waals surface area (Å²) in [4.78, 5) is 13.1. The number of carbonyl (C=O) groups is 1. The van der Waals surface area contributed by atoms with Crippen LogP contribution < -0.4 is 10.6 Å². The molecule has 3 nitrogen and oxygen atoms in total. The van der Waals surface area contributed by atoms with E-state index in [-0.39, 0.29) is 11.7 Å². The van der Waals surface area contributed by atoms with Crippen molar-refractivity contribution in [3.05, 3.63) is 50.9 Å². The second-order valence-corrected chi connectivity index (χ2v) is 12.1. The summed E-state index contributed by atoms with van der Waals surface area (Å²) < 4.78 is 15.7. The Kier molecular flexibility index (Phi) is 25.1. The number of hydrogen-bond acceptors (Lipinski definition) is 2. The Morgan fingerprint density at radius 3 is 2.11 bits per heavy atom. The molecule has 1 aromatic rings. The number of piperidine rings is 1. The summed E-state index contributed by atoms with van der Waals surface area (Å²) in [7, 11) is 0. The molecule has 2 aliphatic rings. The van der Waals surface area contributed by atoms with Crippen LogP contribution >= 0.6 is 15.9 Å². The van der Waals surface area contributed by atoms with Crippen LogP contribution in [0, 0.1) is 30.0 Å². The van der Waals surface area contributed by atoms with Gasteiger partial charge in [-0.15, -0.1) is 0 Å². The van der Waals surface area contributed by atoms with E-state index in [4.69, 9.17) is 0 Å². The molecule has 44 heavy (non-hydrogen) atoms. The zero-order valence-corrected chi connectivity index (χ0v) is 32.7. The Labute approximate surface area is 281 Å². The van der Waals surface area contributed by atoms with Gasteiger partial charge in [-0.2, -0.15) is 0 Å². The van der Waals surface area contributed by atoms with Crippen LogP contribution in [0.25, 0.3) is 5.57 Å². The van der Waals surface area contributed by atoms with Crippen molar-refractivity contribution in [1.29, 1.82) is 0 Å². The smallest absolute Gasteiger partial charge is 0.236 e. The van der Waals surface area contributed by atoms with Gasteiger partial charge < -0.3 is 10.6 Å². The molecule has 1 saturated heterocycles. The number of hydrogen-bond donors (Lipinski definition) is 2. The number of rotatable bonds is 11. The Bertz CT molecular complexity index is 994. The molecule has 3 rings (SSSR count). The highest BCUT2D eigenvalue weighted by atomic mass is 79.9. The van der Waals surface area contributed by atoms with E-state index >= 15 is 4.39 Å². The third kappa shape index (κ3) is 11.7. The molecule has 2 N–H and O–H groups in total. The number of allylic oxidation sites excluding steroid dienone is 1. The Balaban J connectivity index is 0. The number of halogens is 2. The lowest BCUT2D eigenvalue weighted by molar-refractivity contribution is -0.126. The van der Waals surface area contributed by atoms with E-state index in [0.29, 0.717) is 23.0 Å². The monoisotopic (exact) mass is 680 g/mol. The minimum Gasteiger partial charge on any atom is -0.325 e. The van der Waals surface area contributed by atoms with Gasteiger partial charge in [0.15, 0.2) is 0 Å². The van der Waals surface area contributed by atoms with Crippen molar-refractivity contribution in [2.24, 2.45) is 17.3 Å². The lowest BCUT2D eigenvalue weighted by atomic mass is 9.70. The van der Waals surface area contributed by atoms with E-state index in [1.807, 2.05) is 68.4 Å². The molecule has 256 valence electrons. The third-order valence-corrected chi connectivity index (χ3v) is 9.70. The van der Waals surface area contributed by atoms with Crippen LogP contribution in [0.5, 0.6) is 0 Å². The summed E-state index contributed by atoms with van der Waals surface area (Å²) in [6.07, 6.45) is 10.8. The second-order valence-electron chi connectivity index (χ2n) is 11.3. The van der Waals surface area contributed by atoms with Gasteiger partial charge in [-0.05, 0) is 89.2 Å². The minimum absolute atomic E-state index is 0.0118. The summed E-state index contributed by atoms with van der Waals surface area (Å²) in [5.74, 6) is 1.73. The molecule has 1 aromatic carbocycles. The minimum atomic E-state index is -0.652. The van der Waals surface area contributed by atoms with Crippen molar-refractivity contribution >= 4 is 27.4 Å². The van der Waals surface area contributed by atoms with Crippen molar-refractivity contribution < 1.29 is 9.18 Å².